The van der Waals surface area contributed by atoms with E-state index in [0.29, 0.717) is 43.5 Å². The van der Waals surface area contributed by atoms with Crippen molar-refractivity contribution in [2.75, 3.05) is 31.1 Å². The van der Waals surface area contributed by atoms with Crippen molar-refractivity contribution < 1.29 is 9.21 Å². The van der Waals surface area contributed by atoms with Gasteiger partial charge in [0.25, 0.3) is 5.91 Å². The Balaban J connectivity index is 1.48. The molecular formula is C19H16N4O2S. The molecule has 26 heavy (non-hydrogen) atoms. The van der Waals surface area contributed by atoms with Crippen LogP contribution in [-0.4, -0.2) is 42.0 Å². The summed E-state index contributed by atoms with van der Waals surface area (Å²) in [5.41, 5.74) is 0.981. The number of nitriles is 1. The number of oxazole rings is 1. The van der Waals surface area contributed by atoms with Crippen LogP contribution in [0, 0.1) is 11.3 Å². The maximum absolute atomic E-state index is 12.5. The summed E-state index contributed by atoms with van der Waals surface area (Å²) in [6.45, 7) is 2.36. The van der Waals surface area contributed by atoms with Crippen LogP contribution in [-0.2, 0) is 0 Å². The van der Waals surface area contributed by atoms with Crippen molar-refractivity contribution in [2.24, 2.45) is 0 Å². The lowest BCUT2D eigenvalue weighted by atomic mass is 10.2. The summed E-state index contributed by atoms with van der Waals surface area (Å²) in [6.07, 6.45) is 0. The molecule has 0 spiro atoms. The molecule has 130 valence electrons. The predicted molar refractivity (Wildman–Crippen MR) is 99.1 cm³/mol. The molecule has 0 aliphatic carbocycles. The third-order valence-electron chi connectivity index (χ3n) is 4.32. The van der Waals surface area contributed by atoms with Gasteiger partial charge in [-0.25, -0.2) is 0 Å². The first-order chi connectivity index (χ1) is 12.8. The Labute approximate surface area is 154 Å². The van der Waals surface area contributed by atoms with E-state index >= 15 is 0 Å². The highest BCUT2D eigenvalue weighted by atomic mass is 32.1. The molecule has 0 atom stereocenters. The summed E-state index contributed by atoms with van der Waals surface area (Å²) in [4.78, 5) is 21.6. The summed E-state index contributed by atoms with van der Waals surface area (Å²) in [5.74, 6) is 0.986. The molecule has 0 unspecified atom stereocenters. The van der Waals surface area contributed by atoms with Gasteiger partial charge in [-0.15, -0.1) is 11.3 Å². The van der Waals surface area contributed by atoms with E-state index in [9.17, 15) is 10.1 Å². The van der Waals surface area contributed by atoms with E-state index in [1.165, 1.54) is 11.3 Å². The van der Waals surface area contributed by atoms with Gasteiger partial charge in [0.15, 0.2) is 0 Å². The average Bonchev–Trinajstić information content (AvgIpc) is 3.37. The quantitative estimate of drug-likeness (QED) is 0.713. The summed E-state index contributed by atoms with van der Waals surface area (Å²) in [6, 6.07) is 15.2. The summed E-state index contributed by atoms with van der Waals surface area (Å²) >= 11 is 1.52. The molecule has 4 rings (SSSR count). The van der Waals surface area contributed by atoms with Gasteiger partial charge in [0.1, 0.15) is 6.07 Å². The van der Waals surface area contributed by atoms with Gasteiger partial charge >= 0.3 is 0 Å². The topological polar surface area (TPSA) is 73.4 Å². The molecule has 1 aromatic carbocycles. The second kappa shape index (κ2) is 7.02. The number of benzene rings is 1. The van der Waals surface area contributed by atoms with Crippen LogP contribution < -0.4 is 4.90 Å². The van der Waals surface area contributed by atoms with Crippen LogP contribution in [0.3, 0.4) is 0 Å². The molecule has 6 nitrogen and oxygen atoms in total. The lowest BCUT2D eigenvalue weighted by Crippen LogP contribution is -2.48. The van der Waals surface area contributed by atoms with Crippen LogP contribution in [0.2, 0.25) is 0 Å². The molecule has 1 fully saturated rings. The van der Waals surface area contributed by atoms with Crippen LogP contribution >= 0.6 is 11.3 Å². The highest BCUT2D eigenvalue weighted by molar-refractivity contribution is 7.13. The Hall–Kier alpha value is -3.11. The number of aromatic nitrogens is 1. The lowest BCUT2D eigenvalue weighted by Gasteiger charge is -2.34. The number of hydrogen-bond acceptors (Lipinski definition) is 6. The van der Waals surface area contributed by atoms with Gasteiger partial charge < -0.3 is 14.2 Å². The molecule has 0 N–H and O–H groups in total. The number of carbonyl (C=O) groups excluding carboxylic acids is 1. The minimum absolute atomic E-state index is 0.0302. The number of piperazine rings is 1. The number of rotatable bonds is 3. The van der Waals surface area contributed by atoms with E-state index in [-0.39, 0.29) is 11.6 Å². The molecule has 3 aromatic rings. The molecule has 3 heterocycles. The Morgan fingerprint density at radius 3 is 2.54 bits per heavy atom. The van der Waals surface area contributed by atoms with Gasteiger partial charge in [0.05, 0.1) is 4.88 Å². The van der Waals surface area contributed by atoms with E-state index in [1.807, 2.05) is 57.6 Å². The van der Waals surface area contributed by atoms with Crippen molar-refractivity contribution in [3.8, 4) is 16.8 Å². The number of carbonyl (C=O) groups is 1. The van der Waals surface area contributed by atoms with E-state index in [1.54, 1.807) is 0 Å². The first-order valence-corrected chi connectivity index (χ1v) is 9.18. The van der Waals surface area contributed by atoms with Gasteiger partial charge in [0.2, 0.25) is 17.5 Å². The van der Waals surface area contributed by atoms with E-state index in [4.69, 9.17) is 4.42 Å². The molecule has 0 bridgehead atoms. The van der Waals surface area contributed by atoms with Crippen molar-refractivity contribution in [2.45, 2.75) is 0 Å². The minimum atomic E-state index is 0.0302. The number of thiophene rings is 1. The van der Waals surface area contributed by atoms with Crippen molar-refractivity contribution in [3.63, 3.8) is 0 Å². The van der Waals surface area contributed by atoms with E-state index in [0.717, 1.165) is 4.88 Å². The van der Waals surface area contributed by atoms with Crippen LogP contribution in [0.25, 0.3) is 10.8 Å². The molecule has 1 amide bonds. The monoisotopic (exact) mass is 364 g/mol. The second-order valence-electron chi connectivity index (χ2n) is 5.91. The molecule has 2 aromatic heterocycles. The fourth-order valence-electron chi connectivity index (χ4n) is 2.98. The molecule has 1 aliphatic heterocycles. The maximum atomic E-state index is 12.5. The zero-order valence-corrected chi connectivity index (χ0v) is 14.8. The third-order valence-corrected chi connectivity index (χ3v) is 5.18. The second-order valence-corrected chi connectivity index (χ2v) is 6.85. The maximum Gasteiger partial charge on any atom is 0.253 e. The SMILES string of the molecule is N#Cc1nc(-c2cccs2)oc1N1CCN(C(=O)c2ccccc2)CC1. The number of nitrogens with zero attached hydrogens (tertiary/aromatic N) is 4. The highest BCUT2D eigenvalue weighted by Gasteiger charge is 2.27. The van der Waals surface area contributed by atoms with Crippen molar-refractivity contribution in [3.05, 3.63) is 59.1 Å². The molecule has 0 radical (unpaired) electrons. The van der Waals surface area contributed by atoms with Crippen LogP contribution in [0.15, 0.2) is 52.3 Å². The zero-order valence-electron chi connectivity index (χ0n) is 14.0. The fourth-order valence-corrected chi connectivity index (χ4v) is 3.63. The fraction of sp³-hybridized carbons (Fsp3) is 0.211. The van der Waals surface area contributed by atoms with E-state index < -0.39 is 0 Å². The van der Waals surface area contributed by atoms with Gasteiger partial charge in [-0.05, 0) is 23.6 Å². The van der Waals surface area contributed by atoms with E-state index in [2.05, 4.69) is 11.1 Å². The van der Waals surface area contributed by atoms with Crippen molar-refractivity contribution >= 4 is 23.1 Å². The predicted octanol–water partition coefficient (Wildman–Crippen LogP) is 3.24. The Kier molecular flexibility index (Phi) is 4.42. The molecule has 1 aliphatic rings. The molecule has 0 saturated carbocycles. The Bertz CT molecular complexity index is 936. The minimum Gasteiger partial charge on any atom is -0.418 e. The van der Waals surface area contributed by atoms with Gasteiger partial charge in [-0.1, -0.05) is 24.3 Å². The molecule has 1 saturated heterocycles. The normalized spacial score (nSPS) is 14.3. The largest absolute Gasteiger partial charge is 0.418 e. The zero-order chi connectivity index (χ0) is 17.9. The van der Waals surface area contributed by atoms with Crippen LogP contribution in [0.4, 0.5) is 5.88 Å². The smallest absolute Gasteiger partial charge is 0.253 e. The number of amides is 1. The van der Waals surface area contributed by atoms with Gasteiger partial charge in [-0.3, -0.25) is 4.79 Å². The highest BCUT2D eigenvalue weighted by Crippen LogP contribution is 2.31. The van der Waals surface area contributed by atoms with Gasteiger partial charge in [0, 0.05) is 31.7 Å². The first-order valence-electron chi connectivity index (χ1n) is 8.30. The van der Waals surface area contributed by atoms with Crippen molar-refractivity contribution in [1.29, 1.82) is 5.26 Å². The van der Waals surface area contributed by atoms with Crippen molar-refractivity contribution in [1.82, 2.24) is 9.88 Å². The standard InChI is InChI=1S/C19H16N4O2S/c20-13-15-19(25-17(21-15)16-7-4-12-26-16)23-10-8-22(9-11-23)18(24)14-5-2-1-3-6-14/h1-7,12H,8-11H2. The molecule has 7 heteroatoms. The third kappa shape index (κ3) is 3.07. The first kappa shape index (κ1) is 16.4. The Morgan fingerprint density at radius 1 is 1.12 bits per heavy atom. The average molecular weight is 364 g/mol. The number of hydrogen-bond donors (Lipinski definition) is 0. The lowest BCUT2D eigenvalue weighted by molar-refractivity contribution is 0.0745. The van der Waals surface area contributed by atoms with Gasteiger partial charge in [-0.2, -0.15) is 10.2 Å². The molecular weight excluding hydrogens is 348 g/mol. The summed E-state index contributed by atoms with van der Waals surface area (Å²) in [7, 11) is 0. The Morgan fingerprint density at radius 2 is 1.88 bits per heavy atom. The van der Waals surface area contributed by atoms with Crippen LogP contribution in [0.5, 0.6) is 0 Å². The van der Waals surface area contributed by atoms with Crippen LogP contribution in [0.1, 0.15) is 16.1 Å². The number of anilines is 1. The summed E-state index contributed by atoms with van der Waals surface area (Å²) in [5, 5.41) is 11.3. The summed E-state index contributed by atoms with van der Waals surface area (Å²) < 4.78 is 5.87.